The quantitative estimate of drug-likeness (QED) is 0.827. The zero-order valence-electron chi connectivity index (χ0n) is 14.2. The highest BCUT2D eigenvalue weighted by molar-refractivity contribution is 6.36. The summed E-state index contributed by atoms with van der Waals surface area (Å²) in [6.07, 6.45) is 0.980. The summed E-state index contributed by atoms with van der Waals surface area (Å²) in [5, 5.41) is 3.29. The van der Waals surface area contributed by atoms with E-state index in [2.05, 4.69) is 24.4 Å². The van der Waals surface area contributed by atoms with Gasteiger partial charge in [0.15, 0.2) is 0 Å². The number of carbonyl (C=O) groups excluding carboxylic acids is 2. The van der Waals surface area contributed by atoms with Crippen molar-refractivity contribution in [1.82, 2.24) is 10.2 Å². The predicted octanol–water partition coefficient (Wildman–Crippen LogP) is 3.94. The molecule has 0 heterocycles. The number of rotatable bonds is 6. The zero-order chi connectivity index (χ0) is 18.4. The molecule has 0 saturated heterocycles. The molecular formula is C19H20Cl2N2O2. The molecule has 0 fully saturated rings. The first-order valence-electron chi connectivity index (χ1n) is 7.95. The van der Waals surface area contributed by atoms with Crippen molar-refractivity contribution >= 4 is 35.0 Å². The van der Waals surface area contributed by atoms with Gasteiger partial charge in [0.25, 0.3) is 5.91 Å². The highest BCUT2D eigenvalue weighted by Gasteiger charge is 2.14. The van der Waals surface area contributed by atoms with Crippen molar-refractivity contribution in [3.63, 3.8) is 0 Å². The molecule has 0 saturated carbocycles. The van der Waals surface area contributed by atoms with Gasteiger partial charge in [0.1, 0.15) is 0 Å². The van der Waals surface area contributed by atoms with Gasteiger partial charge in [-0.2, -0.15) is 0 Å². The molecule has 2 aromatic carbocycles. The van der Waals surface area contributed by atoms with E-state index in [1.807, 2.05) is 12.1 Å². The van der Waals surface area contributed by atoms with E-state index in [0.29, 0.717) is 11.6 Å². The van der Waals surface area contributed by atoms with Crippen LogP contribution in [-0.2, 0) is 17.8 Å². The summed E-state index contributed by atoms with van der Waals surface area (Å²) >= 11 is 11.8. The molecule has 0 aliphatic heterocycles. The van der Waals surface area contributed by atoms with Gasteiger partial charge in [-0.3, -0.25) is 9.59 Å². The number of amides is 2. The van der Waals surface area contributed by atoms with Crippen molar-refractivity contribution in [2.24, 2.45) is 0 Å². The van der Waals surface area contributed by atoms with Crippen molar-refractivity contribution in [2.45, 2.75) is 19.9 Å². The molecule has 1 N–H and O–H groups in total. The fraction of sp³-hybridized carbons (Fsp3) is 0.263. The molecular weight excluding hydrogens is 359 g/mol. The van der Waals surface area contributed by atoms with Crippen LogP contribution in [-0.4, -0.2) is 30.3 Å². The molecule has 2 amide bonds. The second kappa shape index (κ2) is 8.88. The van der Waals surface area contributed by atoms with Crippen LogP contribution in [0.15, 0.2) is 42.5 Å². The Kier molecular flexibility index (Phi) is 6.85. The van der Waals surface area contributed by atoms with Gasteiger partial charge < -0.3 is 10.2 Å². The molecule has 0 spiro atoms. The van der Waals surface area contributed by atoms with Gasteiger partial charge in [-0.25, -0.2) is 0 Å². The van der Waals surface area contributed by atoms with E-state index in [1.165, 1.54) is 17.7 Å². The van der Waals surface area contributed by atoms with Gasteiger partial charge >= 0.3 is 0 Å². The van der Waals surface area contributed by atoms with Crippen LogP contribution in [0.1, 0.15) is 28.4 Å². The Balaban J connectivity index is 1.88. The van der Waals surface area contributed by atoms with E-state index in [1.54, 1.807) is 18.0 Å². The maximum Gasteiger partial charge on any atom is 0.253 e. The van der Waals surface area contributed by atoms with E-state index < -0.39 is 5.91 Å². The molecule has 0 bridgehead atoms. The molecule has 25 heavy (non-hydrogen) atoms. The summed E-state index contributed by atoms with van der Waals surface area (Å²) in [6.45, 7) is 2.49. The van der Waals surface area contributed by atoms with Gasteiger partial charge in [-0.1, -0.05) is 54.4 Å². The number of nitrogens with zero attached hydrogens (tertiary/aromatic N) is 1. The zero-order valence-corrected chi connectivity index (χ0v) is 15.7. The van der Waals surface area contributed by atoms with Crippen LogP contribution in [0.3, 0.4) is 0 Å². The van der Waals surface area contributed by atoms with Crippen LogP contribution >= 0.6 is 23.2 Å². The van der Waals surface area contributed by atoms with E-state index in [0.717, 1.165) is 12.0 Å². The molecule has 0 aromatic heterocycles. The molecule has 0 unspecified atom stereocenters. The van der Waals surface area contributed by atoms with E-state index in [-0.39, 0.29) is 23.0 Å². The Labute approximate surface area is 157 Å². The normalized spacial score (nSPS) is 10.4. The molecule has 0 radical (unpaired) electrons. The molecule has 132 valence electrons. The monoisotopic (exact) mass is 378 g/mol. The summed E-state index contributed by atoms with van der Waals surface area (Å²) in [7, 11) is 1.71. The number of carbonyl (C=O) groups is 2. The summed E-state index contributed by atoms with van der Waals surface area (Å²) < 4.78 is 0. The Morgan fingerprint density at radius 2 is 1.68 bits per heavy atom. The minimum absolute atomic E-state index is 0.0959. The Bertz CT molecular complexity index is 761. The second-order valence-corrected chi connectivity index (χ2v) is 6.57. The average molecular weight is 379 g/mol. The van der Waals surface area contributed by atoms with Crippen LogP contribution < -0.4 is 5.32 Å². The third kappa shape index (κ3) is 5.48. The molecule has 0 aliphatic carbocycles. The Morgan fingerprint density at radius 1 is 1.04 bits per heavy atom. The third-order valence-electron chi connectivity index (χ3n) is 3.85. The maximum atomic E-state index is 12.2. The number of nitrogens with one attached hydrogen (secondary N) is 1. The number of aryl methyl sites for hydroxylation is 1. The van der Waals surface area contributed by atoms with Crippen molar-refractivity contribution in [1.29, 1.82) is 0 Å². The number of benzene rings is 2. The number of halogens is 2. The minimum atomic E-state index is -0.407. The lowest BCUT2D eigenvalue weighted by molar-refractivity contribution is -0.129. The smallest absolute Gasteiger partial charge is 0.253 e. The average Bonchev–Trinajstić information content (AvgIpc) is 2.60. The van der Waals surface area contributed by atoms with Gasteiger partial charge in [0, 0.05) is 18.6 Å². The maximum absolute atomic E-state index is 12.2. The first kappa shape index (κ1) is 19.3. The second-order valence-electron chi connectivity index (χ2n) is 5.73. The first-order valence-corrected chi connectivity index (χ1v) is 8.71. The van der Waals surface area contributed by atoms with Crippen molar-refractivity contribution in [2.75, 3.05) is 13.6 Å². The van der Waals surface area contributed by atoms with Gasteiger partial charge in [-0.15, -0.1) is 0 Å². The van der Waals surface area contributed by atoms with Gasteiger partial charge in [0.05, 0.1) is 17.1 Å². The fourth-order valence-corrected chi connectivity index (χ4v) is 2.80. The van der Waals surface area contributed by atoms with Crippen LogP contribution in [0.25, 0.3) is 0 Å². The number of likely N-dealkylation sites (N-methyl/N-ethyl adjacent to an activating group) is 1. The summed E-state index contributed by atoms with van der Waals surface area (Å²) in [4.78, 5) is 25.9. The van der Waals surface area contributed by atoms with Crippen molar-refractivity contribution in [3.8, 4) is 0 Å². The van der Waals surface area contributed by atoms with Crippen LogP contribution in [0, 0.1) is 0 Å². The molecule has 0 aliphatic rings. The lowest BCUT2D eigenvalue weighted by atomic mass is 10.1. The third-order valence-corrected chi connectivity index (χ3v) is 4.40. The topological polar surface area (TPSA) is 49.4 Å². The van der Waals surface area contributed by atoms with E-state index in [4.69, 9.17) is 23.2 Å². The van der Waals surface area contributed by atoms with E-state index >= 15 is 0 Å². The Hall–Kier alpha value is -2.04. The van der Waals surface area contributed by atoms with Gasteiger partial charge in [0.2, 0.25) is 5.91 Å². The standard InChI is InChI=1S/C19H20Cl2N2O2/c1-3-13-4-6-14(7-5-13)12-23(2)18(24)11-22-19(25)16-9-8-15(20)10-17(16)21/h4-10H,3,11-12H2,1-2H3,(H,22,25). The fourth-order valence-electron chi connectivity index (χ4n) is 2.30. The van der Waals surface area contributed by atoms with Crippen LogP contribution in [0.2, 0.25) is 10.0 Å². The summed E-state index contributed by atoms with van der Waals surface area (Å²) in [6, 6.07) is 12.7. The summed E-state index contributed by atoms with van der Waals surface area (Å²) in [5.41, 5.74) is 2.58. The molecule has 4 nitrogen and oxygen atoms in total. The molecule has 6 heteroatoms. The Morgan fingerprint density at radius 3 is 2.28 bits per heavy atom. The molecule has 2 aromatic rings. The van der Waals surface area contributed by atoms with Crippen LogP contribution in [0.5, 0.6) is 0 Å². The highest BCUT2D eigenvalue weighted by Crippen LogP contribution is 2.20. The molecule has 2 rings (SSSR count). The van der Waals surface area contributed by atoms with E-state index in [9.17, 15) is 9.59 Å². The first-order chi connectivity index (χ1) is 11.9. The van der Waals surface area contributed by atoms with Gasteiger partial charge in [-0.05, 0) is 35.7 Å². The van der Waals surface area contributed by atoms with Crippen molar-refractivity contribution < 1.29 is 9.59 Å². The largest absolute Gasteiger partial charge is 0.343 e. The minimum Gasteiger partial charge on any atom is -0.343 e. The number of hydrogen-bond donors (Lipinski definition) is 1. The lowest BCUT2D eigenvalue weighted by Gasteiger charge is -2.18. The van der Waals surface area contributed by atoms with Crippen molar-refractivity contribution in [3.05, 3.63) is 69.2 Å². The lowest BCUT2D eigenvalue weighted by Crippen LogP contribution is -2.37. The number of hydrogen-bond acceptors (Lipinski definition) is 2. The molecule has 0 atom stereocenters. The predicted molar refractivity (Wildman–Crippen MR) is 101 cm³/mol. The highest BCUT2D eigenvalue weighted by atomic mass is 35.5. The summed E-state index contributed by atoms with van der Waals surface area (Å²) in [5.74, 6) is -0.589. The SMILES string of the molecule is CCc1ccc(CN(C)C(=O)CNC(=O)c2ccc(Cl)cc2Cl)cc1. The van der Waals surface area contributed by atoms with Crippen LogP contribution in [0.4, 0.5) is 0 Å².